The predicted octanol–water partition coefficient (Wildman–Crippen LogP) is 0.820. The van der Waals surface area contributed by atoms with Crippen LogP contribution in [0.1, 0.15) is 11.3 Å². The van der Waals surface area contributed by atoms with Crippen molar-refractivity contribution in [1.29, 1.82) is 0 Å². The highest BCUT2D eigenvalue weighted by Gasteiger charge is 2.08. The summed E-state index contributed by atoms with van der Waals surface area (Å²) in [6.45, 7) is 2.90. The number of aryl methyl sites for hydroxylation is 1. The number of fused-ring (bicyclic) bond motifs is 1. The van der Waals surface area contributed by atoms with Gasteiger partial charge in [0.15, 0.2) is 0 Å². The van der Waals surface area contributed by atoms with Crippen molar-refractivity contribution in [1.82, 2.24) is 10.4 Å². The molecule has 0 radical (unpaired) electrons. The summed E-state index contributed by atoms with van der Waals surface area (Å²) in [5.74, 6) is 0. The van der Waals surface area contributed by atoms with Gasteiger partial charge in [-0.2, -0.15) is 0 Å². The zero-order valence-corrected chi connectivity index (χ0v) is 5.81. The molecule has 0 fully saturated rings. The van der Waals surface area contributed by atoms with Crippen molar-refractivity contribution in [3.63, 3.8) is 0 Å². The Bertz CT molecular complexity index is 257. The molecule has 0 aromatic carbocycles. The van der Waals surface area contributed by atoms with E-state index in [9.17, 15) is 0 Å². The van der Waals surface area contributed by atoms with Gasteiger partial charge in [0, 0.05) is 12.2 Å². The van der Waals surface area contributed by atoms with Crippen LogP contribution in [0, 0.1) is 6.92 Å². The highest BCUT2D eigenvalue weighted by atomic mass is 15.4. The molecule has 1 aliphatic rings. The van der Waals surface area contributed by atoms with Crippen LogP contribution < -0.4 is 10.9 Å². The lowest BCUT2D eigenvalue weighted by Crippen LogP contribution is -2.10. The van der Waals surface area contributed by atoms with E-state index in [-0.39, 0.29) is 0 Å². The van der Waals surface area contributed by atoms with Crippen molar-refractivity contribution >= 4 is 5.69 Å². The van der Waals surface area contributed by atoms with Crippen LogP contribution in [0.2, 0.25) is 0 Å². The van der Waals surface area contributed by atoms with Crippen molar-refractivity contribution < 1.29 is 0 Å². The molecule has 0 bridgehead atoms. The number of hydrazine groups is 1. The monoisotopic (exact) mass is 135 g/mol. The van der Waals surface area contributed by atoms with Gasteiger partial charge in [-0.15, -0.1) is 0 Å². The quantitative estimate of drug-likeness (QED) is 0.553. The highest BCUT2D eigenvalue weighted by molar-refractivity contribution is 5.52. The number of rotatable bonds is 0. The molecule has 0 atom stereocenters. The summed E-state index contributed by atoms with van der Waals surface area (Å²) >= 11 is 0. The van der Waals surface area contributed by atoms with E-state index in [2.05, 4.69) is 21.9 Å². The van der Waals surface area contributed by atoms with Gasteiger partial charge in [0.25, 0.3) is 0 Å². The Morgan fingerprint density at radius 1 is 1.60 bits per heavy atom. The van der Waals surface area contributed by atoms with Crippen LogP contribution in [-0.4, -0.2) is 4.98 Å². The summed E-state index contributed by atoms with van der Waals surface area (Å²) in [6, 6.07) is 2.09. The molecule has 3 heteroatoms. The Morgan fingerprint density at radius 2 is 2.50 bits per heavy atom. The largest absolute Gasteiger partial charge is 0.319 e. The first kappa shape index (κ1) is 5.68. The molecule has 1 aromatic heterocycles. The van der Waals surface area contributed by atoms with E-state index in [0.29, 0.717) is 0 Å². The van der Waals surface area contributed by atoms with E-state index in [1.165, 1.54) is 5.56 Å². The molecule has 52 valence electrons. The molecular weight excluding hydrogens is 126 g/mol. The number of nitrogens with zero attached hydrogens (tertiary/aromatic N) is 1. The number of aromatic nitrogens is 1. The summed E-state index contributed by atoms with van der Waals surface area (Å²) in [6.07, 6.45) is 1.85. The second kappa shape index (κ2) is 1.95. The predicted molar refractivity (Wildman–Crippen MR) is 39.4 cm³/mol. The topological polar surface area (TPSA) is 37.0 Å². The van der Waals surface area contributed by atoms with Crippen LogP contribution in [0.15, 0.2) is 12.3 Å². The molecule has 1 aromatic rings. The summed E-state index contributed by atoms with van der Waals surface area (Å²) < 4.78 is 0. The molecule has 0 unspecified atom stereocenters. The first-order valence-electron chi connectivity index (χ1n) is 3.30. The van der Waals surface area contributed by atoms with E-state index in [0.717, 1.165) is 17.9 Å². The minimum absolute atomic E-state index is 0.901. The van der Waals surface area contributed by atoms with Gasteiger partial charge in [0.05, 0.1) is 11.9 Å². The normalized spacial score (nSPS) is 14.5. The van der Waals surface area contributed by atoms with Gasteiger partial charge in [-0.1, -0.05) is 0 Å². The third-order valence-corrected chi connectivity index (χ3v) is 1.63. The van der Waals surface area contributed by atoms with Crippen LogP contribution >= 0.6 is 0 Å². The third kappa shape index (κ3) is 0.752. The van der Waals surface area contributed by atoms with Crippen LogP contribution in [-0.2, 0) is 6.54 Å². The minimum atomic E-state index is 0.901. The van der Waals surface area contributed by atoms with Crippen LogP contribution in [0.3, 0.4) is 0 Å². The Labute approximate surface area is 59.4 Å². The molecule has 0 amide bonds. The molecular formula is C7H9N3. The Hall–Kier alpha value is -1.09. The second-order valence-electron chi connectivity index (χ2n) is 2.46. The number of anilines is 1. The summed E-state index contributed by atoms with van der Waals surface area (Å²) in [4.78, 5) is 4.15. The molecule has 10 heavy (non-hydrogen) atoms. The fraction of sp³-hybridized carbons (Fsp3) is 0.286. The van der Waals surface area contributed by atoms with Crippen molar-refractivity contribution in [2.24, 2.45) is 0 Å². The zero-order chi connectivity index (χ0) is 6.97. The Balaban J connectivity index is 2.52. The number of pyridine rings is 1. The highest BCUT2D eigenvalue weighted by Crippen LogP contribution is 2.17. The Morgan fingerprint density at radius 3 is 3.40 bits per heavy atom. The van der Waals surface area contributed by atoms with Gasteiger partial charge in [-0.05, 0) is 18.6 Å². The third-order valence-electron chi connectivity index (χ3n) is 1.63. The van der Waals surface area contributed by atoms with Crippen molar-refractivity contribution in [2.45, 2.75) is 13.5 Å². The molecule has 0 aliphatic carbocycles. The lowest BCUT2D eigenvalue weighted by molar-refractivity contribution is 0.859. The van der Waals surface area contributed by atoms with Crippen molar-refractivity contribution in [3.8, 4) is 0 Å². The maximum atomic E-state index is 4.15. The van der Waals surface area contributed by atoms with Crippen molar-refractivity contribution in [2.75, 3.05) is 5.43 Å². The number of hydrogen-bond acceptors (Lipinski definition) is 3. The van der Waals surface area contributed by atoms with E-state index >= 15 is 0 Å². The maximum absolute atomic E-state index is 4.15. The molecule has 0 saturated heterocycles. The van der Waals surface area contributed by atoms with Gasteiger partial charge in [-0.25, -0.2) is 5.43 Å². The van der Waals surface area contributed by atoms with Gasteiger partial charge in [0.1, 0.15) is 0 Å². The minimum Gasteiger partial charge on any atom is -0.319 e. The fourth-order valence-corrected chi connectivity index (χ4v) is 1.11. The van der Waals surface area contributed by atoms with Gasteiger partial charge < -0.3 is 5.43 Å². The lowest BCUT2D eigenvalue weighted by atomic mass is 10.2. The van der Waals surface area contributed by atoms with E-state index in [4.69, 9.17) is 0 Å². The van der Waals surface area contributed by atoms with Gasteiger partial charge in [-0.3, -0.25) is 4.98 Å². The molecule has 1 aliphatic heterocycles. The molecule has 0 saturated carbocycles. The number of hydrogen-bond donors (Lipinski definition) is 2. The lowest BCUT2D eigenvalue weighted by Gasteiger charge is -1.96. The smallest absolute Gasteiger partial charge is 0.0717 e. The first-order valence-corrected chi connectivity index (χ1v) is 3.30. The fourth-order valence-electron chi connectivity index (χ4n) is 1.11. The second-order valence-corrected chi connectivity index (χ2v) is 2.46. The molecule has 2 rings (SSSR count). The molecule has 3 nitrogen and oxygen atoms in total. The first-order chi connectivity index (χ1) is 4.86. The summed E-state index contributed by atoms with van der Waals surface area (Å²) in [5.41, 5.74) is 9.51. The molecule has 2 heterocycles. The summed E-state index contributed by atoms with van der Waals surface area (Å²) in [7, 11) is 0. The van der Waals surface area contributed by atoms with Crippen LogP contribution in [0.4, 0.5) is 5.69 Å². The number of nitrogens with one attached hydrogen (secondary N) is 2. The molecule has 2 N–H and O–H groups in total. The molecule has 0 spiro atoms. The summed E-state index contributed by atoms with van der Waals surface area (Å²) in [5, 5.41) is 0. The van der Waals surface area contributed by atoms with Crippen LogP contribution in [0.5, 0.6) is 0 Å². The standard InChI is InChI=1S/C7H9N3/c1-5-2-6-3-9-10-7(6)4-8-5/h2,4,9-10H,3H2,1H3. The van der Waals surface area contributed by atoms with E-state index in [1.807, 2.05) is 13.1 Å². The maximum Gasteiger partial charge on any atom is 0.0717 e. The average Bonchev–Trinajstić information content (AvgIpc) is 2.33. The zero-order valence-electron chi connectivity index (χ0n) is 5.81. The van der Waals surface area contributed by atoms with Gasteiger partial charge in [0.2, 0.25) is 0 Å². The van der Waals surface area contributed by atoms with Crippen LogP contribution in [0.25, 0.3) is 0 Å². The SMILES string of the molecule is Cc1cc2c(cn1)NNC2. The van der Waals surface area contributed by atoms with Gasteiger partial charge >= 0.3 is 0 Å². The average molecular weight is 135 g/mol. The van der Waals surface area contributed by atoms with Crippen molar-refractivity contribution in [3.05, 3.63) is 23.5 Å². The Kier molecular flexibility index (Phi) is 1.11. The van der Waals surface area contributed by atoms with E-state index in [1.54, 1.807) is 0 Å². The van der Waals surface area contributed by atoms with E-state index < -0.39 is 0 Å².